The van der Waals surface area contributed by atoms with Crippen molar-refractivity contribution in [1.82, 2.24) is 0 Å². The quantitative estimate of drug-likeness (QED) is 0.0808. The summed E-state index contributed by atoms with van der Waals surface area (Å²) in [7, 11) is 0. The van der Waals surface area contributed by atoms with Gasteiger partial charge in [-0.3, -0.25) is 9.59 Å². The fraction of sp³-hybridized carbons (Fsp3) is 0.690. The Morgan fingerprint density at radius 3 is 1.31 bits per heavy atom. The van der Waals surface area contributed by atoms with Crippen LogP contribution in [0.1, 0.15) is 130 Å². The first-order chi connectivity index (χ1) is 15.7. The van der Waals surface area contributed by atoms with Gasteiger partial charge in [-0.05, 0) is 44.3 Å². The van der Waals surface area contributed by atoms with Gasteiger partial charge < -0.3 is 4.79 Å². The molecule has 0 bridgehead atoms. The molecule has 0 aromatic rings. The van der Waals surface area contributed by atoms with Gasteiger partial charge in [0.25, 0.3) is 0 Å². The van der Waals surface area contributed by atoms with Gasteiger partial charge in [0.2, 0.25) is 0 Å². The molecule has 0 aliphatic carbocycles. The number of carbonyl (C=O) groups excluding carboxylic acids is 3. The van der Waals surface area contributed by atoms with Crippen LogP contribution < -0.4 is 0 Å². The van der Waals surface area contributed by atoms with Crippen molar-refractivity contribution in [3.8, 4) is 0 Å². The van der Waals surface area contributed by atoms with E-state index >= 15 is 0 Å². The molecule has 0 radical (unpaired) electrons. The number of hydrogen-bond acceptors (Lipinski definition) is 3. The van der Waals surface area contributed by atoms with E-state index in [0.29, 0.717) is 0 Å². The lowest BCUT2D eigenvalue weighted by molar-refractivity contribution is -0.108. The van der Waals surface area contributed by atoms with E-state index in [1.807, 2.05) is 12.2 Å². The molecule has 3 heteroatoms. The highest BCUT2D eigenvalue weighted by Crippen LogP contribution is 2.06. The topological polar surface area (TPSA) is 51.2 Å². The van der Waals surface area contributed by atoms with Crippen LogP contribution in [-0.2, 0) is 14.4 Å². The fourth-order valence-electron chi connectivity index (χ4n) is 2.82. The molecule has 0 unspecified atom stereocenters. The van der Waals surface area contributed by atoms with Crippen LogP contribution in [0.5, 0.6) is 0 Å². The van der Waals surface area contributed by atoms with Crippen LogP contribution in [0, 0.1) is 0 Å². The average molecular weight is 449 g/mol. The summed E-state index contributed by atoms with van der Waals surface area (Å²) in [5.74, 6) is 0. The van der Waals surface area contributed by atoms with Gasteiger partial charge in [-0.2, -0.15) is 0 Å². The number of rotatable bonds is 20. The molecule has 0 fully saturated rings. The van der Waals surface area contributed by atoms with Crippen molar-refractivity contribution in [3.63, 3.8) is 0 Å². The van der Waals surface area contributed by atoms with Crippen molar-refractivity contribution >= 4 is 18.9 Å². The highest BCUT2D eigenvalue weighted by molar-refractivity contribution is 5.65. The maximum Gasteiger partial charge on any atom is 0.142 e. The Morgan fingerprint density at radius 2 is 0.812 bits per heavy atom. The molecule has 0 atom stereocenters. The molecule has 3 nitrogen and oxygen atoms in total. The molecule has 0 aliphatic rings. The van der Waals surface area contributed by atoms with Crippen molar-refractivity contribution in [2.24, 2.45) is 0 Å². The maximum absolute atomic E-state index is 9.89. The zero-order valence-corrected chi connectivity index (χ0v) is 21.4. The van der Waals surface area contributed by atoms with Gasteiger partial charge in [-0.15, -0.1) is 0 Å². The van der Waals surface area contributed by atoms with E-state index in [0.717, 1.165) is 44.5 Å². The minimum Gasteiger partial charge on any atom is -0.303 e. The Morgan fingerprint density at radius 1 is 0.406 bits per heavy atom. The van der Waals surface area contributed by atoms with Crippen LogP contribution in [0.3, 0.4) is 0 Å². The highest BCUT2D eigenvalue weighted by atomic mass is 16.1. The number of allylic oxidation sites excluding steroid dienone is 6. The lowest BCUT2D eigenvalue weighted by atomic mass is 10.1. The summed E-state index contributed by atoms with van der Waals surface area (Å²) >= 11 is 0. The zero-order valence-electron chi connectivity index (χ0n) is 21.4. The molecule has 0 saturated carbocycles. The standard InChI is InChI=1S/C10H18O.C10H16O.C9H18O/c2*1-2-3-4-5-6-7-8-9-10-11;1-2-3-4-5-6-7-8-9-10/h8-10H,2-7H2,1H3;6-10H,2-5H2,1H3;9H,2-8H2,1H3/b9-8+;7-6+,9-8+;. The van der Waals surface area contributed by atoms with Crippen LogP contribution in [0.4, 0.5) is 0 Å². The van der Waals surface area contributed by atoms with Gasteiger partial charge in [0, 0.05) is 6.42 Å². The van der Waals surface area contributed by atoms with Crippen LogP contribution in [0.2, 0.25) is 0 Å². The van der Waals surface area contributed by atoms with E-state index in [4.69, 9.17) is 0 Å². The number of unbranched alkanes of at least 4 members (excludes halogenated alkanes) is 14. The van der Waals surface area contributed by atoms with Crippen molar-refractivity contribution in [1.29, 1.82) is 0 Å². The summed E-state index contributed by atoms with van der Waals surface area (Å²) < 4.78 is 0. The van der Waals surface area contributed by atoms with Crippen LogP contribution in [0.15, 0.2) is 36.5 Å². The molecule has 32 heavy (non-hydrogen) atoms. The molecule has 0 aliphatic heterocycles. The summed E-state index contributed by atoms with van der Waals surface area (Å²) in [4.78, 5) is 29.6. The minimum atomic E-state index is 0.756. The smallest absolute Gasteiger partial charge is 0.142 e. The van der Waals surface area contributed by atoms with Crippen LogP contribution >= 0.6 is 0 Å². The Kier molecular flexibility index (Phi) is 43.2. The highest BCUT2D eigenvalue weighted by Gasteiger charge is 1.88. The normalized spacial score (nSPS) is 10.6. The van der Waals surface area contributed by atoms with Crippen molar-refractivity contribution < 1.29 is 14.4 Å². The summed E-state index contributed by atoms with van der Waals surface area (Å²) in [5.41, 5.74) is 0. The molecular weight excluding hydrogens is 396 g/mol. The van der Waals surface area contributed by atoms with E-state index in [1.54, 1.807) is 12.2 Å². The molecule has 0 aromatic heterocycles. The van der Waals surface area contributed by atoms with Gasteiger partial charge in [0.15, 0.2) is 0 Å². The third kappa shape index (κ3) is 46.4. The van der Waals surface area contributed by atoms with Gasteiger partial charge in [-0.1, -0.05) is 116 Å². The molecule has 0 spiro atoms. The second kappa shape index (κ2) is 39.7. The first-order valence-electron chi connectivity index (χ1n) is 13.1. The largest absolute Gasteiger partial charge is 0.303 e. The van der Waals surface area contributed by atoms with Crippen molar-refractivity contribution in [3.05, 3.63) is 36.5 Å². The van der Waals surface area contributed by atoms with Crippen molar-refractivity contribution in [2.75, 3.05) is 0 Å². The van der Waals surface area contributed by atoms with Gasteiger partial charge in [-0.25, -0.2) is 0 Å². The van der Waals surface area contributed by atoms with E-state index < -0.39 is 0 Å². The molecule has 0 aromatic carbocycles. The van der Waals surface area contributed by atoms with E-state index in [-0.39, 0.29) is 0 Å². The molecule has 0 amide bonds. The lowest BCUT2D eigenvalue weighted by Gasteiger charge is -1.95. The second-order valence-corrected chi connectivity index (χ2v) is 7.94. The molecule has 0 heterocycles. The first-order valence-corrected chi connectivity index (χ1v) is 13.1. The van der Waals surface area contributed by atoms with Gasteiger partial charge in [0.1, 0.15) is 18.9 Å². The van der Waals surface area contributed by atoms with E-state index in [1.165, 1.54) is 89.5 Å². The van der Waals surface area contributed by atoms with E-state index in [9.17, 15) is 14.4 Å². The Hall–Kier alpha value is -1.77. The molecule has 0 N–H and O–H groups in total. The van der Waals surface area contributed by atoms with Gasteiger partial charge >= 0.3 is 0 Å². The zero-order chi connectivity index (χ0) is 24.4. The van der Waals surface area contributed by atoms with Crippen molar-refractivity contribution in [2.45, 2.75) is 130 Å². The molecule has 186 valence electrons. The first kappa shape index (κ1) is 34.8. The lowest BCUT2D eigenvalue weighted by Crippen LogP contribution is -1.79. The summed E-state index contributed by atoms with van der Waals surface area (Å²) in [6.45, 7) is 6.62. The minimum absolute atomic E-state index is 0.756. The third-order valence-electron chi connectivity index (χ3n) is 4.78. The summed E-state index contributed by atoms with van der Waals surface area (Å²) in [6.07, 6.45) is 34.3. The SMILES string of the molecule is CCCCC/C=C/C=C/C=O.CCCCCCC/C=C/C=O.CCCCCCCCC=O. The number of carbonyl (C=O) groups is 3. The maximum atomic E-state index is 9.89. The monoisotopic (exact) mass is 448 g/mol. The van der Waals surface area contributed by atoms with Crippen LogP contribution in [0.25, 0.3) is 0 Å². The van der Waals surface area contributed by atoms with Crippen LogP contribution in [-0.4, -0.2) is 18.9 Å². The molecule has 0 saturated heterocycles. The Labute approximate surface area is 199 Å². The predicted molar refractivity (Wildman–Crippen MR) is 141 cm³/mol. The third-order valence-corrected chi connectivity index (χ3v) is 4.78. The summed E-state index contributed by atoms with van der Waals surface area (Å²) in [5, 5.41) is 0. The van der Waals surface area contributed by atoms with Gasteiger partial charge in [0.05, 0.1) is 0 Å². The Bertz CT molecular complexity index is 436. The second-order valence-electron chi connectivity index (χ2n) is 7.94. The predicted octanol–water partition coefficient (Wildman–Crippen LogP) is 8.92. The number of hydrogen-bond donors (Lipinski definition) is 0. The van der Waals surface area contributed by atoms with E-state index in [2.05, 4.69) is 26.8 Å². The molecule has 0 rings (SSSR count). The Balaban J connectivity index is -0.000000395. The average Bonchev–Trinajstić information content (AvgIpc) is 2.81. The number of aldehydes is 3. The summed E-state index contributed by atoms with van der Waals surface area (Å²) in [6, 6.07) is 0. The molecular formula is C29H52O3. The fourth-order valence-corrected chi connectivity index (χ4v) is 2.82.